The van der Waals surface area contributed by atoms with Crippen LogP contribution in [-0.4, -0.2) is 28.8 Å². The van der Waals surface area contributed by atoms with E-state index < -0.39 is 17.5 Å². The van der Waals surface area contributed by atoms with Crippen LogP contribution in [0, 0.1) is 5.82 Å². The summed E-state index contributed by atoms with van der Waals surface area (Å²) in [5.74, 6) is -1.24. The highest BCUT2D eigenvalue weighted by atomic mass is 79.9. The molecular formula is C9H6B2BrFO2. The second kappa shape index (κ2) is 4.84. The number of hydrogen-bond donors (Lipinski definition) is 0. The minimum atomic E-state index is -0.865. The second-order valence-corrected chi connectivity index (χ2v) is 3.73. The van der Waals surface area contributed by atoms with Gasteiger partial charge in [-0.15, -0.1) is 0 Å². The summed E-state index contributed by atoms with van der Waals surface area (Å²) in [6.07, 6.45) is 0. The standard InChI is InChI=1S/C9H6B2BrFO2/c1-15-9(14)5-3-7(13)6(12)2-4(5)8(10)11/h2-3,8H,1H3. The van der Waals surface area contributed by atoms with E-state index in [1.54, 1.807) is 0 Å². The zero-order valence-corrected chi connectivity index (χ0v) is 9.55. The van der Waals surface area contributed by atoms with E-state index in [4.69, 9.17) is 15.7 Å². The van der Waals surface area contributed by atoms with Crippen LogP contribution in [0.15, 0.2) is 16.6 Å². The molecule has 1 aromatic carbocycles. The highest BCUT2D eigenvalue weighted by molar-refractivity contribution is 9.10. The summed E-state index contributed by atoms with van der Waals surface area (Å²) in [5.41, 5.74) is -0.501. The molecule has 1 aromatic rings. The van der Waals surface area contributed by atoms with Crippen molar-refractivity contribution < 1.29 is 13.9 Å². The minimum Gasteiger partial charge on any atom is -0.465 e. The summed E-state index contributed by atoms with van der Waals surface area (Å²) in [6.45, 7) is 0. The van der Waals surface area contributed by atoms with Crippen LogP contribution in [0.2, 0.25) is 0 Å². The van der Waals surface area contributed by atoms with Gasteiger partial charge in [-0.2, -0.15) is 0 Å². The van der Waals surface area contributed by atoms with E-state index in [2.05, 4.69) is 20.7 Å². The Balaban J connectivity index is 3.34. The summed E-state index contributed by atoms with van der Waals surface area (Å²) in [7, 11) is 12.1. The Morgan fingerprint density at radius 1 is 1.53 bits per heavy atom. The number of halogens is 2. The molecule has 1 rings (SSSR count). The molecule has 0 heterocycles. The lowest BCUT2D eigenvalue weighted by Gasteiger charge is -2.12. The lowest BCUT2D eigenvalue weighted by Crippen LogP contribution is -2.10. The third kappa shape index (κ3) is 2.62. The van der Waals surface area contributed by atoms with E-state index in [9.17, 15) is 9.18 Å². The van der Waals surface area contributed by atoms with Gasteiger partial charge in [0.2, 0.25) is 0 Å². The van der Waals surface area contributed by atoms with E-state index in [0.717, 1.165) is 6.07 Å². The molecule has 74 valence electrons. The molecule has 0 saturated carbocycles. The molecule has 0 aromatic heterocycles. The van der Waals surface area contributed by atoms with Crippen LogP contribution in [0.4, 0.5) is 4.39 Å². The lowest BCUT2D eigenvalue weighted by atomic mass is 9.65. The molecule has 0 saturated heterocycles. The Bertz CT molecular complexity index is 396. The molecule has 0 aliphatic carbocycles. The predicted octanol–water partition coefficient (Wildman–Crippen LogP) is 1.71. The van der Waals surface area contributed by atoms with Gasteiger partial charge in [0.05, 0.1) is 32.8 Å². The summed E-state index contributed by atoms with van der Waals surface area (Å²) in [5, 5.41) is 0. The van der Waals surface area contributed by atoms with E-state index in [1.807, 2.05) is 0 Å². The van der Waals surface area contributed by atoms with Gasteiger partial charge < -0.3 is 4.74 Å². The highest BCUT2D eigenvalue weighted by Gasteiger charge is 2.16. The molecule has 0 unspecified atom stereocenters. The molecule has 0 N–H and O–H groups in total. The van der Waals surface area contributed by atoms with Crippen molar-refractivity contribution >= 4 is 37.6 Å². The first-order chi connectivity index (χ1) is 6.97. The van der Waals surface area contributed by atoms with E-state index in [0.29, 0.717) is 5.56 Å². The highest BCUT2D eigenvalue weighted by Crippen LogP contribution is 2.24. The van der Waals surface area contributed by atoms with E-state index in [-0.39, 0.29) is 10.0 Å². The van der Waals surface area contributed by atoms with Crippen molar-refractivity contribution in [1.82, 2.24) is 0 Å². The van der Waals surface area contributed by atoms with Gasteiger partial charge in [-0.1, -0.05) is 5.72 Å². The molecule has 0 atom stereocenters. The zero-order valence-electron chi connectivity index (χ0n) is 7.96. The zero-order chi connectivity index (χ0) is 11.6. The maximum Gasteiger partial charge on any atom is 0.338 e. The molecule has 15 heavy (non-hydrogen) atoms. The molecule has 0 fully saturated rings. The average Bonchev–Trinajstić information content (AvgIpc) is 2.20. The molecule has 0 aliphatic rings. The Labute approximate surface area is 98.1 Å². The molecule has 6 heteroatoms. The van der Waals surface area contributed by atoms with Crippen molar-refractivity contribution in [1.29, 1.82) is 0 Å². The topological polar surface area (TPSA) is 26.3 Å². The predicted molar refractivity (Wildman–Crippen MR) is 59.7 cm³/mol. The van der Waals surface area contributed by atoms with Gasteiger partial charge in [-0.3, -0.25) is 0 Å². The maximum absolute atomic E-state index is 13.2. The van der Waals surface area contributed by atoms with Crippen molar-refractivity contribution in [2.75, 3.05) is 7.11 Å². The number of esters is 1. The van der Waals surface area contributed by atoms with Crippen LogP contribution >= 0.6 is 15.9 Å². The SMILES string of the molecule is [B]C([B])c1cc(Br)c(F)cc1C(=O)OC. The third-order valence-electron chi connectivity index (χ3n) is 1.86. The number of hydrogen-bond acceptors (Lipinski definition) is 2. The van der Waals surface area contributed by atoms with Crippen molar-refractivity contribution in [3.63, 3.8) is 0 Å². The van der Waals surface area contributed by atoms with Gasteiger partial charge in [0.1, 0.15) is 5.82 Å². The van der Waals surface area contributed by atoms with Crippen LogP contribution in [0.3, 0.4) is 0 Å². The first-order valence-electron chi connectivity index (χ1n) is 4.05. The van der Waals surface area contributed by atoms with Crippen LogP contribution in [0.25, 0.3) is 0 Å². The third-order valence-corrected chi connectivity index (χ3v) is 2.46. The molecule has 0 bridgehead atoms. The molecule has 4 radical (unpaired) electrons. The van der Waals surface area contributed by atoms with Crippen LogP contribution in [-0.2, 0) is 4.74 Å². The van der Waals surface area contributed by atoms with Gasteiger partial charge in [-0.25, -0.2) is 9.18 Å². The lowest BCUT2D eigenvalue weighted by molar-refractivity contribution is 0.0599. The number of carbonyl (C=O) groups is 1. The fraction of sp³-hybridized carbons (Fsp3) is 0.222. The Kier molecular flexibility index (Phi) is 3.96. The minimum absolute atomic E-state index is 0.0354. The molecule has 0 aliphatic heterocycles. The first-order valence-corrected chi connectivity index (χ1v) is 4.85. The fourth-order valence-corrected chi connectivity index (χ4v) is 1.49. The fourth-order valence-electron chi connectivity index (χ4n) is 1.12. The summed E-state index contributed by atoms with van der Waals surface area (Å²) >= 11 is 2.98. The van der Waals surface area contributed by atoms with E-state index >= 15 is 0 Å². The monoisotopic (exact) mass is 266 g/mol. The summed E-state index contributed by atoms with van der Waals surface area (Å²) in [6, 6.07) is 2.41. The number of carbonyl (C=O) groups excluding carboxylic acids is 1. The largest absolute Gasteiger partial charge is 0.465 e. The van der Waals surface area contributed by atoms with Crippen molar-refractivity contribution in [3.05, 3.63) is 33.5 Å². The maximum atomic E-state index is 13.2. The Hall–Kier alpha value is -0.770. The quantitative estimate of drug-likeness (QED) is 0.602. The average molecular weight is 267 g/mol. The number of ether oxygens (including phenoxy) is 1. The number of benzene rings is 1. The van der Waals surface area contributed by atoms with Gasteiger partial charge in [-0.05, 0) is 33.6 Å². The van der Waals surface area contributed by atoms with Gasteiger partial charge >= 0.3 is 5.97 Å². The summed E-state index contributed by atoms with van der Waals surface area (Å²) < 4.78 is 17.9. The Morgan fingerprint density at radius 2 is 2.13 bits per heavy atom. The van der Waals surface area contributed by atoms with Crippen molar-refractivity contribution in [2.45, 2.75) is 5.72 Å². The van der Waals surface area contributed by atoms with Crippen LogP contribution in [0.5, 0.6) is 0 Å². The van der Waals surface area contributed by atoms with Crippen molar-refractivity contribution in [2.24, 2.45) is 0 Å². The molecular weight excluding hydrogens is 261 g/mol. The van der Waals surface area contributed by atoms with Gasteiger partial charge in [0.15, 0.2) is 0 Å². The van der Waals surface area contributed by atoms with Crippen molar-refractivity contribution in [3.8, 4) is 0 Å². The number of rotatable bonds is 2. The van der Waals surface area contributed by atoms with Crippen LogP contribution < -0.4 is 0 Å². The van der Waals surface area contributed by atoms with Gasteiger partial charge in [0.25, 0.3) is 0 Å². The van der Waals surface area contributed by atoms with Gasteiger partial charge in [0, 0.05) is 0 Å². The Morgan fingerprint density at radius 3 is 2.60 bits per heavy atom. The number of methoxy groups -OCH3 is 1. The first kappa shape index (κ1) is 12.3. The summed E-state index contributed by atoms with van der Waals surface area (Å²) in [4.78, 5) is 11.3. The smallest absolute Gasteiger partial charge is 0.338 e. The molecule has 0 amide bonds. The van der Waals surface area contributed by atoms with Crippen LogP contribution in [0.1, 0.15) is 21.6 Å². The molecule has 2 nitrogen and oxygen atoms in total. The molecule has 0 spiro atoms. The van der Waals surface area contributed by atoms with E-state index in [1.165, 1.54) is 13.2 Å². The normalized spacial score (nSPS) is 10.4. The second-order valence-electron chi connectivity index (χ2n) is 2.87.